The molecule has 0 nitrogen and oxygen atoms in total. The smallest absolute Gasteiger partial charge is 0.0770 e. The minimum atomic E-state index is 0.743. The van der Waals surface area contributed by atoms with Crippen LogP contribution in [-0.4, -0.2) is 4.20 Å². The molecule has 0 radical (unpaired) electrons. The van der Waals surface area contributed by atoms with Crippen molar-refractivity contribution in [1.82, 2.24) is 0 Å². The number of hydrogen-bond acceptors (Lipinski definition) is 4. The lowest BCUT2D eigenvalue weighted by Crippen LogP contribution is -1.82. The molecule has 0 N–H and O–H groups in total. The van der Waals surface area contributed by atoms with Crippen LogP contribution in [0.1, 0.15) is 5.56 Å². The zero-order valence-electron chi connectivity index (χ0n) is 11.4. The first-order valence-corrected chi connectivity index (χ1v) is 9.80. The molecule has 0 amide bonds. The van der Waals surface area contributed by atoms with Crippen LogP contribution in [0.4, 0.5) is 0 Å². The van der Waals surface area contributed by atoms with Gasteiger partial charge in [-0.15, -0.1) is 0 Å². The van der Waals surface area contributed by atoms with Crippen LogP contribution >= 0.6 is 59.1 Å². The molecule has 1 heterocycles. The van der Waals surface area contributed by atoms with Gasteiger partial charge in [-0.05, 0) is 41.3 Å². The molecule has 0 aromatic heterocycles. The summed E-state index contributed by atoms with van der Waals surface area (Å²) in [4.78, 5) is 2.38. The van der Waals surface area contributed by atoms with E-state index in [0.29, 0.717) is 0 Å². The van der Waals surface area contributed by atoms with E-state index >= 15 is 0 Å². The normalized spacial score (nSPS) is 15.9. The van der Waals surface area contributed by atoms with E-state index in [1.165, 1.54) is 14.7 Å². The van der Waals surface area contributed by atoms with Crippen LogP contribution in [0.3, 0.4) is 0 Å². The maximum atomic E-state index is 5.89. The Morgan fingerprint density at radius 3 is 2.50 bits per heavy atom. The van der Waals surface area contributed by atoms with Crippen molar-refractivity contribution in [2.75, 3.05) is 0 Å². The Labute approximate surface area is 153 Å². The van der Waals surface area contributed by atoms with Gasteiger partial charge >= 0.3 is 0 Å². The van der Waals surface area contributed by atoms with E-state index in [4.69, 9.17) is 23.8 Å². The van der Waals surface area contributed by atoms with Crippen LogP contribution < -0.4 is 0 Å². The van der Waals surface area contributed by atoms with Crippen molar-refractivity contribution < 1.29 is 0 Å². The molecule has 3 rings (SSSR count). The molecule has 0 aliphatic carbocycles. The quantitative estimate of drug-likeness (QED) is 0.317. The average molecular weight is 379 g/mol. The van der Waals surface area contributed by atoms with Crippen LogP contribution in [0.5, 0.6) is 0 Å². The second kappa shape index (κ2) is 7.75. The van der Waals surface area contributed by atoms with Crippen molar-refractivity contribution >= 4 is 68.2 Å². The molecule has 0 spiro atoms. The highest BCUT2D eigenvalue weighted by atomic mass is 35.5. The zero-order chi connectivity index (χ0) is 15.4. The Bertz CT molecular complexity index is 733. The third-order valence-electron chi connectivity index (χ3n) is 2.82. The van der Waals surface area contributed by atoms with Crippen LogP contribution in [0.2, 0.25) is 5.02 Å². The van der Waals surface area contributed by atoms with Crippen molar-refractivity contribution in [3.05, 3.63) is 80.9 Å². The lowest BCUT2D eigenvalue weighted by atomic mass is 10.2. The van der Waals surface area contributed by atoms with Crippen molar-refractivity contribution in [2.45, 2.75) is 4.90 Å². The summed E-state index contributed by atoms with van der Waals surface area (Å²) in [6.45, 7) is 0. The van der Waals surface area contributed by atoms with Crippen LogP contribution in [0.15, 0.2) is 75.2 Å². The summed E-state index contributed by atoms with van der Waals surface area (Å²) in [6, 6.07) is 18.1. The standard InChI is InChI=1S/C17H11ClS4/c18-13-6-8-14(9-7-13)21-16(19)10-17-20-11-15(22-17)12-4-2-1-3-5-12/h1-11H/b17-10+. The Morgan fingerprint density at radius 1 is 1.05 bits per heavy atom. The fourth-order valence-electron chi connectivity index (χ4n) is 1.81. The summed E-state index contributed by atoms with van der Waals surface area (Å²) < 4.78 is 2.07. The van der Waals surface area contributed by atoms with Gasteiger partial charge in [0.15, 0.2) is 0 Å². The molecule has 2 aromatic carbocycles. The monoisotopic (exact) mass is 378 g/mol. The zero-order valence-corrected chi connectivity index (χ0v) is 15.4. The predicted octanol–water partition coefficient (Wildman–Crippen LogP) is 7.08. The SMILES string of the molecule is S=C(/C=C1\SC=C(c2ccccc2)S1)Sc1ccc(Cl)cc1. The van der Waals surface area contributed by atoms with E-state index in [0.717, 1.165) is 14.1 Å². The summed E-state index contributed by atoms with van der Waals surface area (Å²) in [6.07, 6.45) is 2.07. The number of thiocarbonyl (C=S) groups is 1. The number of hydrogen-bond donors (Lipinski definition) is 0. The molecule has 0 saturated carbocycles. The Balaban J connectivity index is 1.62. The largest absolute Gasteiger partial charge is 0.0894 e. The van der Waals surface area contributed by atoms with Gasteiger partial charge in [-0.3, -0.25) is 0 Å². The fourth-order valence-corrected chi connectivity index (χ4v) is 5.45. The maximum Gasteiger partial charge on any atom is 0.0770 e. The number of thioether (sulfide) groups is 3. The highest BCUT2D eigenvalue weighted by Crippen LogP contribution is 2.48. The Hall–Kier alpha value is -0.650. The summed E-state index contributed by atoms with van der Waals surface area (Å²) in [5, 5.41) is 2.92. The average Bonchev–Trinajstić information content (AvgIpc) is 2.99. The lowest BCUT2D eigenvalue weighted by molar-refractivity contribution is 1.48. The molecule has 0 saturated heterocycles. The third-order valence-corrected chi connectivity index (χ3v) is 6.55. The van der Waals surface area contributed by atoms with Gasteiger partial charge in [-0.25, -0.2) is 0 Å². The first-order valence-electron chi connectivity index (χ1n) is 6.50. The van der Waals surface area contributed by atoms with Crippen LogP contribution in [-0.2, 0) is 0 Å². The van der Waals surface area contributed by atoms with Crippen molar-refractivity contribution in [3.63, 3.8) is 0 Å². The Morgan fingerprint density at radius 2 is 1.77 bits per heavy atom. The second-order valence-corrected chi connectivity index (χ2v) is 8.91. The van der Waals surface area contributed by atoms with Crippen molar-refractivity contribution in [2.24, 2.45) is 0 Å². The third kappa shape index (κ3) is 4.43. The van der Waals surface area contributed by atoms with E-state index in [1.807, 2.05) is 30.3 Å². The maximum absolute atomic E-state index is 5.89. The minimum absolute atomic E-state index is 0.743. The van der Waals surface area contributed by atoms with E-state index < -0.39 is 0 Å². The van der Waals surface area contributed by atoms with Gasteiger partial charge < -0.3 is 0 Å². The summed E-state index contributed by atoms with van der Waals surface area (Å²) in [5.74, 6) is 0. The van der Waals surface area contributed by atoms with Crippen LogP contribution in [0, 0.1) is 0 Å². The molecular formula is C17H11ClS4. The molecule has 0 fully saturated rings. The van der Waals surface area contributed by atoms with E-state index in [-0.39, 0.29) is 0 Å². The Kier molecular flexibility index (Phi) is 5.71. The molecule has 110 valence electrons. The molecule has 0 unspecified atom stereocenters. The van der Waals surface area contributed by atoms with Gasteiger partial charge in [0.05, 0.1) is 8.43 Å². The second-order valence-electron chi connectivity index (χ2n) is 4.41. The summed E-state index contributed by atoms with van der Waals surface area (Å²) >= 11 is 16.4. The van der Waals surface area contributed by atoms with Crippen molar-refractivity contribution in [1.29, 1.82) is 0 Å². The van der Waals surface area contributed by atoms with E-state index in [9.17, 15) is 0 Å². The number of halogens is 1. The van der Waals surface area contributed by atoms with E-state index in [1.54, 1.807) is 35.3 Å². The first-order chi connectivity index (χ1) is 10.7. The number of rotatable bonds is 3. The molecular weight excluding hydrogens is 368 g/mol. The fraction of sp³-hybridized carbons (Fsp3) is 0. The summed E-state index contributed by atoms with van der Waals surface area (Å²) in [7, 11) is 0. The topological polar surface area (TPSA) is 0 Å². The highest BCUT2D eigenvalue weighted by Gasteiger charge is 2.14. The molecule has 1 aliphatic heterocycles. The van der Waals surface area contributed by atoms with E-state index in [2.05, 4.69) is 35.7 Å². The highest BCUT2D eigenvalue weighted by molar-refractivity contribution is 8.31. The summed E-state index contributed by atoms with van der Waals surface area (Å²) in [5.41, 5.74) is 1.25. The lowest BCUT2D eigenvalue weighted by Gasteiger charge is -2.02. The molecule has 1 aliphatic rings. The van der Waals surface area contributed by atoms with Gasteiger partial charge in [0.25, 0.3) is 0 Å². The van der Waals surface area contributed by atoms with Crippen LogP contribution in [0.25, 0.3) is 4.91 Å². The molecule has 0 atom stereocenters. The molecule has 5 heteroatoms. The first kappa shape index (κ1) is 16.2. The van der Waals surface area contributed by atoms with Gasteiger partial charge in [-0.1, -0.05) is 89.4 Å². The predicted molar refractivity (Wildman–Crippen MR) is 108 cm³/mol. The van der Waals surface area contributed by atoms with Gasteiger partial charge in [0.1, 0.15) is 0 Å². The van der Waals surface area contributed by atoms with Gasteiger partial charge in [-0.2, -0.15) is 0 Å². The molecule has 0 bridgehead atoms. The van der Waals surface area contributed by atoms with Gasteiger partial charge in [0, 0.05) is 14.8 Å². The molecule has 22 heavy (non-hydrogen) atoms. The molecule has 2 aromatic rings. The minimum Gasteiger partial charge on any atom is -0.0894 e. The van der Waals surface area contributed by atoms with Crippen molar-refractivity contribution in [3.8, 4) is 0 Å². The van der Waals surface area contributed by atoms with Gasteiger partial charge in [0.2, 0.25) is 0 Å². The number of benzene rings is 2.